The van der Waals surface area contributed by atoms with E-state index in [9.17, 15) is 18.3 Å². The zero-order valence-electron chi connectivity index (χ0n) is 8.52. The van der Waals surface area contributed by atoms with Gasteiger partial charge in [-0.2, -0.15) is 13.2 Å². The number of rotatable bonds is 2. The molecule has 0 aromatic carbocycles. The predicted molar refractivity (Wildman–Crippen MR) is 52.0 cm³/mol. The van der Waals surface area contributed by atoms with E-state index in [0.717, 1.165) is 16.7 Å². The van der Waals surface area contributed by atoms with Crippen molar-refractivity contribution >= 4 is 5.65 Å². The summed E-state index contributed by atoms with van der Waals surface area (Å²) in [7, 11) is 0. The van der Waals surface area contributed by atoms with Crippen molar-refractivity contribution in [2.24, 2.45) is 5.73 Å². The van der Waals surface area contributed by atoms with Gasteiger partial charge in [0, 0.05) is 12.7 Å². The van der Waals surface area contributed by atoms with Crippen LogP contribution in [0, 0.1) is 0 Å². The Kier molecular flexibility index (Phi) is 2.76. The van der Waals surface area contributed by atoms with E-state index in [1.165, 1.54) is 6.07 Å². The lowest BCUT2D eigenvalue weighted by molar-refractivity contribution is -0.137. The van der Waals surface area contributed by atoms with E-state index in [2.05, 4.69) is 10.2 Å². The molecular formula is C9H9F3N4O. The van der Waals surface area contributed by atoms with Gasteiger partial charge in [-0.25, -0.2) is 0 Å². The summed E-state index contributed by atoms with van der Waals surface area (Å²) in [5, 5.41) is 16.7. The highest BCUT2D eigenvalue weighted by molar-refractivity contribution is 5.40. The summed E-state index contributed by atoms with van der Waals surface area (Å²) in [6.07, 6.45) is -4.76. The van der Waals surface area contributed by atoms with E-state index < -0.39 is 17.8 Å². The number of nitrogens with zero attached hydrogens (tertiary/aromatic N) is 3. The second kappa shape index (κ2) is 3.97. The molecule has 0 radical (unpaired) electrons. The molecule has 2 rings (SSSR count). The molecule has 0 fully saturated rings. The van der Waals surface area contributed by atoms with Crippen molar-refractivity contribution in [3.8, 4) is 0 Å². The van der Waals surface area contributed by atoms with Crippen LogP contribution >= 0.6 is 0 Å². The van der Waals surface area contributed by atoms with Crippen LogP contribution in [0.25, 0.3) is 5.65 Å². The van der Waals surface area contributed by atoms with Crippen molar-refractivity contribution in [3.63, 3.8) is 0 Å². The number of fused-ring (bicyclic) bond motifs is 1. The standard InChI is InChI=1S/C9H9F3N4O/c10-9(11,12)5-1-2-7-14-15-8(6(17)3-13)16(7)4-5/h1-2,4,6,17H,3,13H2. The topological polar surface area (TPSA) is 76.4 Å². The van der Waals surface area contributed by atoms with Gasteiger partial charge < -0.3 is 10.8 Å². The van der Waals surface area contributed by atoms with Gasteiger partial charge in [0.05, 0.1) is 5.56 Å². The van der Waals surface area contributed by atoms with E-state index in [-0.39, 0.29) is 18.0 Å². The summed E-state index contributed by atoms with van der Waals surface area (Å²) < 4.78 is 38.6. The van der Waals surface area contributed by atoms with Crippen molar-refractivity contribution in [1.82, 2.24) is 14.6 Å². The van der Waals surface area contributed by atoms with Crippen LogP contribution in [-0.2, 0) is 6.18 Å². The molecular weight excluding hydrogens is 237 g/mol. The van der Waals surface area contributed by atoms with Crippen LogP contribution in [0.2, 0.25) is 0 Å². The Morgan fingerprint density at radius 1 is 1.35 bits per heavy atom. The maximum absolute atomic E-state index is 12.5. The van der Waals surface area contributed by atoms with Gasteiger partial charge in [0.1, 0.15) is 6.10 Å². The van der Waals surface area contributed by atoms with Crippen molar-refractivity contribution < 1.29 is 18.3 Å². The van der Waals surface area contributed by atoms with Crippen LogP contribution in [0.1, 0.15) is 17.5 Å². The molecule has 92 valence electrons. The van der Waals surface area contributed by atoms with Crippen LogP contribution in [-0.4, -0.2) is 26.2 Å². The molecule has 2 aromatic heterocycles. The van der Waals surface area contributed by atoms with Crippen molar-refractivity contribution in [2.45, 2.75) is 12.3 Å². The lowest BCUT2D eigenvalue weighted by Gasteiger charge is -2.09. The summed E-state index contributed by atoms with van der Waals surface area (Å²) in [5.41, 5.74) is 4.61. The molecule has 0 saturated heterocycles. The number of aliphatic hydroxyl groups excluding tert-OH is 1. The summed E-state index contributed by atoms with van der Waals surface area (Å²) in [5.74, 6) is -0.00593. The monoisotopic (exact) mass is 246 g/mol. The molecule has 17 heavy (non-hydrogen) atoms. The van der Waals surface area contributed by atoms with E-state index in [4.69, 9.17) is 5.73 Å². The van der Waals surface area contributed by atoms with Crippen molar-refractivity contribution in [3.05, 3.63) is 29.7 Å². The molecule has 0 saturated carbocycles. The number of alkyl halides is 3. The SMILES string of the molecule is NCC(O)c1nnc2ccc(C(F)(F)F)cn12. The highest BCUT2D eigenvalue weighted by atomic mass is 19.4. The van der Waals surface area contributed by atoms with Crippen molar-refractivity contribution in [2.75, 3.05) is 6.54 Å². The highest BCUT2D eigenvalue weighted by Crippen LogP contribution is 2.29. The van der Waals surface area contributed by atoms with Gasteiger partial charge in [-0.1, -0.05) is 0 Å². The molecule has 0 aliphatic rings. The fraction of sp³-hybridized carbons (Fsp3) is 0.333. The fourth-order valence-corrected chi connectivity index (χ4v) is 1.41. The van der Waals surface area contributed by atoms with Gasteiger partial charge in [0.25, 0.3) is 0 Å². The second-order valence-corrected chi connectivity index (χ2v) is 3.45. The van der Waals surface area contributed by atoms with E-state index in [0.29, 0.717) is 0 Å². The van der Waals surface area contributed by atoms with Crippen LogP contribution in [0.4, 0.5) is 13.2 Å². The third-order valence-electron chi connectivity index (χ3n) is 2.28. The number of hydrogen-bond acceptors (Lipinski definition) is 4. The largest absolute Gasteiger partial charge is 0.417 e. The molecule has 1 atom stereocenters. The first kappa shape index (κ1) is 11.8. The minimum absolute atomic E-state index is 0.00593. The molecule has 5 nitrogen and oxygen atoms in total. The Bertz CT molecular complexity index is 537. The predicted octanol–water partition coefficient (Wildman–Crippen LogP) is 0.740. The van der Waals surface area contributed by atoms with Gasteiger partial charge in [-0.15, -0.1) is 10.2 Å². The average Bonchev–Trinajstić information content (AvgIpc) is 2.69. The third-order valence-corrected chi connectivity index (χ3v) is 2.28. The summed E-state index contributed by atoms with van der Waals surface area (Å²) >= 11 is 0. The lowest BCUT2D eigenvalue weighted by Crippen LogP contribution is -2.15. The number of halogens is 3. The Hall–Kier alpha value is -1.67. The number of aromatic nitrogens is 3. The molecule has 0 amide bonds. The average molecular weight is 246 g/mol. The summed E-state index contributed by atoms with van der Waals surface area (Å²) in [6.45, 7) is -0.142. The van der Waals surface area contributed by atoms with Gasteiger partial charge >= 0.3 is 6.18 Å². The molecule has 8 heteroatoms. The minimum Gasteiger partial charge on any atom is -0.384 e. The molecule has 0 aliphatic carbocycles. The Morgan fingerprint density at radius 3 is 2.65 bits per heavy atom. The van der Waals surface area contributed by atoms with E-state index >= 15 is 0 Å². The summed E-state index contributed by atoms with van der Waals surface area (Å²) in [4.78, 5) is 0. The smallest absolute Gasteiger partial charge is 0.384 e. The van der Waals surface area contributed by atoms with Crippen LogP contribution in [0.15, 0.2) is 18.3 Å². The Morgan fingerprint density at radius 2 is 2.06 bits per heavy atom. The number of aliphatic hydroxyl groups is 1. The molecule has 2 aromatic rings. The van der Waals surface area contributed by atoms with Gasteiger partial charge in [0.2, 0.25) is 0 Å². The van der Waals surface area contributed by atoms with Gasteiger partial charge in [-0.3, -0.25) is 4.40 Å². The van der Waals surface area contributed by atoms with E-state index in [1.807, 2.05) is 0 Å². The highest BCUT2D eigenvalue weighted by Gasteiger charge is 2.31. The summed E-state index contributed by atoms with van der Waals surface area (Å²) in [6, 6.07) is 2.09. The first-order chi connectivity index (χ1) is 7.93. The molecule has 0 spiro atoms. The number of hydrogen-bond donors (Lipinski definition) is 2. The lowest BCUT2D eigenvalue weighted by atomic mass is 10.2. The minimum atomic E-state index is -4.45. The van der Waals surface area contributed by atoms with Crippen molar-refractivity contribution in [1.29, 1.82) is 0 Å². The maximum atomic E-state index is 12.5. The normalized spacial score (nSPS) is 14.2. The van der Waals surface area contributed by atoms with Crippen LogP contribution in [0.3, 0.4) is 0 Å². The Labute approximate surface area is 93.7 Å². The first-order valence-corrected chi connectivity index (χ1v) is 4.73. The number of pyridine rings is 1. The number of nitrogens with two attached hydrogens (primary N) is 1. The zero-order valence-corrected chi connectivity index (χ0v) is 8.52. The molecule has 2 heterocycles. The van der Waals surface area contributed by atoms with Gasteiger partial charge in [-0.05, 0) is 12.1 Å². The zero-order chi connectivity index (χ0) is 12.6. The molecule has 1 unspecified atom stereocenters. The third kappa shape index (κ3) is 2.08. The maximum Gasteiger partial charge on any atom is 0.417 e. The van der Waals surface area contributed by atoms with Crippen LogP contribution in [0.5, 0.6) is 0 Å². The second-order valence-electron chi connectivity index (χ2n) is 3.45. The van der Waals surface area contributed by atoms with Gasteiger partial charge in [0.15, 0.2) is 11.5 Å². The van der Waals surface area contributed by atoms with Crippen LogP contribution < -0.4 is 5.73 Å². The van der Waals surface area contributed by atoms with E-state index in [1.54, 1.807) is 0 Å². The molecule has 0 aliphatic heterocycles. The first-order valence-electron chi connectivity index (χ1n) is 4.73. The molecule has 0 bridgehead atoms. The quantitative estimate of drug-likeness (QED) is 0.819. The fourth-order valence-electron chi connectivity index (χ4n) is 1.41. The molecule has 3 N–H and O–H groups in total. The Balaban J connectivity index is 2.58.